The van der Waals surface area contributed by atoms with E-state index >= 15 is 0 Å². The number of likely N-dealkylation sites (tertiary alicyclic amines) is 1. The van der Waals surface area contributed by atoms with Gasteiger partial charge in [0.05, 0.1) is 5.92 Å². The van der Waals surface area contributed by atoms with Crippen molar-refractivity contribution in [1.29, 1.82) is 0 Å². The molecule has 1 saturated carbocycles. The number of benzene rings is 1. The molecular weight excluding hydrogens is 288 g/mol. The third-order valence-electron chi connectivity index (χ3n) is 5.13. The third-order valence-corrected chi connectivity index (χ3v) is 5.13. The van der Waals surface area contributed by atoms with Gasteiger partial charge < -0.3 is 10.2 Å². The van der Waals surface area contributed by atoms with Crippen molar-refractivity contribution >= 4 is 11.8 Å². The maximum absolute atomic E-state index is 12.4. The fourth-order valence-corrected chi connectivity index (χ4v) is 3.69. The molecule has 4 heteroatoms. The Hall–Kier alpha value is -1.84. The summed E-state index contributed by atoms with van der Waals surface area (Å²) in [6, 6.07) is 8.52. The Morgan fingerprint density at radius 2 is 1.87 bits per heavy atom. The van der Waals surface area contributed by atoms with Crippen LogP contribution < -0.4 is 5.32 Å². The molecule has 124 valence electrons. The molecule has 0 bridgehead atoms. The number of amides is 2. The summed E-state index contributed by atoms with van der Waals surface area (Å²) in [6.07, 6.45) is 6.26. The van der Waals surface area contributed by atoms with E-state index in [1.165, 1.54) is 24.8 Å². The van der Waals surface area contributed by atoms with E-state index < -0.39 is 0 Å². The van der Waals surface area contributed by atoms with Crippen molar-refractivity contribution in [3.8, 4) is 0 Å². The minimum Gasteiger partial charge on any atom is -0.352 e. The number of hydrogen-bond acceptors (Lipinski definition) is 2. The molecule has 3 rings (SSSR count). The van der Waals surface area contributed by atoms with E-state index in [1.807, 2.05) is 36.1 Å². The van der Waals surface area contributed by atoms with Gasteiger partial charge in [-0.05, 0) is 25.3 Å². The van der Waals surface area contributed by atoms with E-state index in [-0.39, 0.29) is 17.7 Å². The molecule has 1 aliphatic carbocycles. The van der Waals surface area contributed by atoms with Crippen molar-refractivity contribution in [3.63, 3.8) is 0 Å². The number of carbonyl (C=O) groups excluding carboxylic acids is 2. The summed E-state index contributed by atoms with van der Waals surface area (Å²) >= 11 is 0. The van der Waals surface area contributed by atoms with Gasteiger partial charge in [-0.1, -0.05) is 49.1 Å². The minimum absolute atomic E-state index is 0.0113. The number of rotatable bonds is 4. The van der Waals surface area contributed by atoms with E-state index in [0.717, 1.165) is 18.4 Å². The first kappa shape index (κ1) is 16.0. The summed E-state index contributed by atoms with van der Waals surface area (Å²) in [5.74, 6) is -0.0144. The smallest absolute Gasteiger partial charge is 0.225 e. The Morgan fingerprint density at radius 3 is 2.57 bits per heavy atom. The highest BCUT2D eigenvalue weighted by Crippen LogP contribution is 2.28. The number of nitrogens with zero attached hydrogens (tertiary/aromatic N) is 1. The molecule has 1 N–H and O–H groups in total. The molecule has 0 spiro atoms. The molecule has 0 unspecified atom stereocenters. The lowest BCUT2D eigenvalue weighted by Crippen LogP contribution is -2.39. The zero-order valence-corrected chi connectivity index (χ0v) is 13.9. The molecule has 2 amide bonds. The highest BCUT2D eigenvalue weighted by molar-refractivity contribution is 5.89. The molecule has 2 aliphatic rings. The van der Waals surface area contributed by atoms with E-state index in [2.05, 4.69) is 5.32 Å². The molecule has 23 heavy (non-hydrogen) atoms. The predicted molar refractivity (Wildman–Crippen MR) is 89.7 cm³/mol. The van der Waals surface area contributed by atoms with E-state index in [9.17, 15) is 9.59 Å². The molecular formula is C19H26N2O2. The van der Waals surface area contributed by atoms with Crippen molar-refractivity contribution in [2.24, 2.45) is 5.92 Å². The van der Waals surface area contributed by atoms with Crippen LogP contribution >= 0.6 is 0 Å². The second-order valence-electron chi connectivity index (χ2n) is 6.94. The average Bonchev–Trinajstić information content (AvgIpc) is 2.97. The Bertz CT molecular complexity index is 561. The van der Waals surface area contributed by atoms with Crippen molar-refractivity contribution in [3.05, 3.63) is 35.4 Å². The van der Waals surface area contributed by atoms with Crippen LogP contribution in [0.4, 0.5) is 0 Å². The van der Waals surface area contributed by atoms with Crippen molar-refractivity contribution in [1.82, 2.24) is 10.2 Å². The van der Waals surface area contributed by atoms with Gasteiger partial charge in [-0.2, -0.15) is 0 Å². The average molecular weight is 314 g/mol. The Labute approximate surface area is 138 Å². The molecule has 1 saturated heterocycles. The Kier molecular flexibility index (Phi) is 4.99. The maximum atomic E-state index is 12.4. The number of carbonyl (C=O) groups is 2. The van der Waals surface area contributed by atoms with Gasteiger partial charge in [0.25, 0.3) is 0 Å². The second kappa shape index (κ2) is 7.16. The predicted octanol–water partition coefficient (Wildman–Crippen LogP) is 2.79. The normalized spacial score (nSPS) is 22.4. The van der Waals surface area contributed by atoms with E-state index in [0.29, 0.717) is 25.6 Å². The van der Waals surface area contributed by atoms with E-state index in [4.69, 9.17) is 0 Å². The molecule has 1 aliphatic heterocycles. The van der Waals surface area contributed by atoms with Gasteiger partial charge in [0, 0.05) is 25.6 Å². The summed E-state index contributed by atoms with van der Waals surface area (Å²) in [5.41, 5.74) is 2.31. The summed E-state index contributed by atoms with van der Waals surface area (Å²) in [6.45, 7) is 3.18. The first-order valence-corrected chi connectivity index (χ1v) is 8.76. The SMILES string of the molecule is Cc1ccc(CNC(=O)[C@H]2CC(=O)N(C3CCCCC3)C2)cc1. The summed E-state index contributed by atoms with van der Waals surface area (Å²) in [5, 5.41) is 2.99. The summed E-state index contributed by atoms with van der Waals surface area (Å²) in [4.78, 5) is 26.6. The van der Waals surface area contributed by atoms with Gasteiger partial charge in [0.1, 0.15) is 0 Å². The van der Waals surface area contributed by atoms with Crippen LogP contribution in [0.5, 0.6) is 0 Å². The van der Waals surface area contributed by atoms with Crippen LogP contribution in [0.2, 0.25) is 0 Å². The highest BCUT2D eigenvalue weighted by Gasteiger charge is 2.37. The maximum Gasteiger partial charge on any atom is 0.225 e. The quantitative estimate of drug-likeness (QED) is 0.929. The second-order valence-corrected chi connectivity index (χ2v) is 6.94. The minimum atomic E-state index is -0.185. The van der Waals surface area contributed by atoms with Gasteiger partial charge in [-0.3, -0.25) is 9.59 Å². The van der Waals surface area contributed by atoms with Crippen LogP contribution in [-0.4, -0.2) is 29.3 Å². The lowest BCUT2D eigenvalue weighted by Gasteiger charge is -2.31. The molecule has 2 fully saturated rings. The van der Waals surface area contributed by atoms with Crippen molar-refractivity contribution in [2.75, 3.05) is 6.54 Å². The molecule has 1 aromatic rings. The molecule has 1 atom stereocenters. The molecule has 1 heterocycles. The standard InChI is InChI=1S/C19H26N2O2/c1-14-7-9-15(10-8-14)12-20-19(23)16-11-18(22)21(13-16)17-5-3-2-4-6-17/h7-10,16-17H,2-6,11-13H2,1H3,(H,20,23)/t16-/m0/s1. The topological polar surface area (TPSA) is 49.4 Å². The first-order chi connectivity index (χ1) is 11.1. The van der Waals surface area contributed by atoms with Crippen molar-refractivity contribution < 1.29 is 9.59 Å². The van der Waals surface area contributed by atoms with Crippen LogP contribution in [0.3, 0.4) is 0 Å². The Morgan fingerprint density at radius 1 is 1.17 bits per heavy atom. The molecule has 0 radical (unpaired) electrons. The van der Waals surface area contributed by atoms with Crippen LogP contribution in [0.1, 0.15) is 49.7 Å². The molecule has 0 aromatic heterocycles. The zero-order chi connectivity index (χ0) is 16.2. The number of aryl methyl sites for hydroxylation is 1. The molecule has 4 nitrogen and oxygen atoms in total. The van der Waals surface area contributed by atoms with Crippen LogP contribution in [0, 0.1) is 12.8 Å². The summed E-state index contributed by atoms with van der Waals surface area (Å²) in [7, 11) is 0. The molecule has 1 aromatic carbocycles. The van der Waals surface area contributed by atoms with Gasteiger partial charge in [-0.15, -0.1) is 0 Å². The lowest BCUT2D eigenvalue weighted by atomic mass is 9.94. The number of nitrogens with one attached hydrogen (secondary N) is 1. The third kappa shape index (κ3) is 3.92. The lowest BCUT2D eigenvalue weighted by molar-refractivity contribution is -0.130. The van der Waals surface area contributed by atoms with E-state index in [1.54, 1.807) is 0 Å². The fraction of sp³-hybridized carbons (Fsp3) is 0.579. The first-order valence-electron chi connectivity index (χ1n) is 8.76. The van der Waals surface area contributed by atoms with Gasteiger partial charge >= 0.3 is 0 Å². The van der Waals surface area contributed by atoms with Gasteiger partial charge in [0.2, 0.25) is 11.8 Å². The zero-order valence-electron chi connectivity index (χ0n) is 13.9. The van der Waals surface area contributed by atoms with Gasteiger partial charge in [-0.25, -0.2) is 0 Å². The highest BCUT2D eigenvalue weighted by atomic mass is 16.2. The van der Waals surface area contributed by atoms with Crippen molar-refractivity contribution in [2.45, 2.75) is 58.0 Å². The fourth-order valence-electron chi connectivity index (χ4n) is 3.69. The number of hydrogen-bond donors (Lipinski definition) is 1. The van der Waals surface area contributed by atoms with Crippen LogP contribution in [0.15, 0.2) is 24.3 Å². The largest absolute Gasteiger partial charge is 0.352 e. The van der Waals surface area contributed by atoms with Crippen LogP contribution in [0.25, 0.3) is 0 Å². The summed E-state index contributed by atoms with van der Waals surface area (Å²) < 4.78 is 0. The monoisotopic (exact) mass is 314 g/mol. The Balaban J connectivity index is 1.52. The van der Waals surface area contributed by atoms with Gasteiger partial charge in [0.15, 0.2) is 0 Å². The van der Waals surface area contributed by atoms with Crippen LogP contribution in [-0.2, 0) is 16.1 Å².